The molecule has 1 aliphatic rings. The highest BCUT2D eigenvalue weighted by molar-refractivity contribution is 5.90. The van der Waals surface area contributed by atoms with E-state index in [2.05, 4.69) is 27.0 Å². The first-order valence-electron chi connectivity index (χ1n) is 10.5. The van der Waals surface area contributed by atoms with Crippen molar-refractivity contribution in [3.8, 4) is 11.5 Å². The largest absolute Gasteiger partial charge is 0.454 e. The van der Waals surface area contributed by atoms with Crippen LogP contribution < -0.4 is 25.4 Å². The molecule has 0 atom stereocenters. The topological polar surface area (TPSA) is 84.0 Å². The Hall–Kier alpha value is -3.22. The first kappa shape index (κ1) is 21.5. The molecule has 3 N–H and O–H groups in total. The monoisotopic (exact) mass is 410 g/mol. The van der Waals surface area contributed by atoms with Crippen LogP contribution in [0.5, 0.6) is 11.5 Å². The van der Waals surface area contributed by atoms with Gasteiger partial charge in [-0.15, -0.1) is 0 Å². The molecule has 0 aliphatic carbocycles. The Morgan fingerprint density at radius 1 is 1.03 bits per heavy atom. The summed E-state index contributed by atoms with van der Waals surface area (Å²) in [5.74, 6) is 2.41. The van der Waals surface area contributed by atoms with Crippen LogP contribution in [0, 0.1) is 0 Å². The quantitative estimate of drug-likeness (QED) is 0.436. The number of amides is 1. The third-order valence-electron chi connectivity index (χ3n) is 4.59. The molecule has 7 heteroatoms. The highest BCUT2D eigenvalue weighted by Crippen LogP contribution is 2.32. The third kappa shape index (κ3) is 6.40. The summed E-state index contributed by atoms with van der Waals surface area (Å²) in [5, 5.41) is 9.56. The van der Waals surface area contributed by atoms with Gasteiger partial charge in [0.15, 0.2) is 17.5 Å². The zero-order valence-electron chi connectivity index (χ0n) is 17.7. The molecule has 160 valence electrons. The van der Waals surface area contributed by atoms with Crippen LogP contribution in [0.1, 0.15) is 37.8 Å². The van der Waals surface area contributed by atoms with Gasteiger partial charge < -0.3 is 25.4 Å². The van der Waals surface area contributed by atoms with Crippen LogP contribution in [-0.2, 0) is 17.8 Å². The molecule has 1 heterocycles. The zero-order chi connectivity index (χ0) is 21.2. The number of carbonyl (C=O) groups excluding carboxylic acids is 1. The first-order chi connectivity index (χ1) is 14.7. The van der Waals surface area contributed by atoms with Gasteiger partial charge in [-0.3, -0.25) is 4.79 Å². The average molecular weight is 411 g/mol. The Morgan fingerprint density at radius 3 is 2.73 bits per heavy atom. The maximum Gasteiger partial charge on any atom is 0.231 e. The minimum absolute atomic E-state index is 0.0386. The van der Waals surface area contributed by atoms with E-state index in [1.807, 2.05) is 50.2 Å². The van der Waals surface area contributed by atoms with Crippen LogP contribution in [-0.4, -0.2) is 31.7 Å². The Morgan fingerprint density at radius 2 is 1.90 bits per heavy atom. The van der Waals surface area contributed by atoms with Gasteiger partial charge in [0.1, 0.15) is 0 Å². The summed E-state index contributed by atoms with van der Waals surface area (Å²) in [6.45, 7) is 6.38. The van der Waals surface area contributed by atoms with E-state index >= 15 is 0 Å². The van der Waals surface area contributed by atoms with Crippen molar-refractivity contribution in [2.75, 3.05) is 25.2 Å². The second-order valence-electron chi connectivity index (χ2n) is 7.06. The Balaban J connectivity index is 1.53. The number of aliphatic imine (C=N–C) groups is 1. The fourth-order valence-corrected chi connectivity index (χ4v) is 3.13. The number of hydrogen-bond donors (Lipinski definition) is 3. The van der Waals surface area contributed by atoms with Crippen molar-refractivity contribution in [2.24, 2.45) is 4.99 Å². The molecular formula is C23H30N4O3. The predicted molar refractivity (Wildman–Crippen MR) is 119 cm³/mol. The molecule has 2 aromatic carbocycles. The van der Waals surface area contributed by atoms with E-state index in [4.69, 9.17) is 9.47 Å². The predicted octanol–water partition coefficient (Wildman–Crippen LogP) is 3.45. The maximum atomic E-state index is 11.8. The van der Waals surface area contributed by atoms with Gasteiger partial charge in [0.25, 0.3) is 0 Å². The summed E-state index contributed by atoms with van der Waals surface area (Å²) < 4.78 is 10.8. The molecule has 0 spiro atoms. The number of ether oxygens (including phenoxy) is 2. The zero-order valence-corrected chi connectivity index (χ0v) is 17.7. The van der Waals surface area contributed by atoms with Gasteiger partial charge in [-0.1, -0.05) is 25.1 Å². The lowest BCUT2D eigenvalue weighted by atomic mass is 10.1. The highest BCUT2D eigenvalue weighted by Gasteiger charge is 2.13. The van der Waals surface area contributed by atoms with E-state index in [0.717, 1.165) is 54.6 Å². The average Bonchev–Trinajstić information content (AvgIpc) is 3.20. The molecule has 1 amide bonds. The fraction of sp³-hybridized carbons (Fsp3) is 0.391. The standard InChI is InChI=1S/C23H30N4O3/c1-3-6-22(28)27-19-8-5-7-18(13-19)15-26-23(24-4-2)25-12-11-17-9-10-20-21(14-17)30-16-29-20/h5,7-10,13-14H,3-4,6,11-12,15-16H2,1-2H3,(H,27,28)(H2,24,25,26). The van der Waals surface area contributed by atoms with Crippen molar-refractivity contribution in [3.63, 3.8) is 0 Å². The molecule has 0 fully saturated rings. The van der Waals surface area contributed by atoms with Crippen molar-refractivity contribution >= 4 is 17.6 Å². The minimum atomic E-state index is 0.0386. The summed E-state index contributed by atoms with van der Waals surface area (Å²) in [5.41, 5.74) is 3.03. The van der Waals surface area contributed by atoms with E-state index in [-0.39, 0.29) is 12.7 Å². The lowest BCUT2D eigenvalue weighted by Gasteiger charge is -2.12. The number of nitrogens with zero attached hydrogens (tertiary/aromatic N) is 1. The fourth-order valence-electron chi connectivity index (χ4n) is 3.13. The van der Waals surface area contributed by atoms with Crippen molar-refractivity contribution in [1.82, 2.24) is 10.6 Å². The van der Waals surface area contributed by atoms with Gasteiger partial charge in [0, 0.05) is 25.2 Å². The van der Waals surface area contributed by atoms with Gasteiger partial charge in [-0.25, -0.2) is 4.99 Å². The lowest BCUT2D eigenvalue weighted by molar-refractivity contribution is -0.116. The van der Waals surface area contributed by atoms with Crippen molar-refractivity contribution < 1.29 is 14.3 Å². The van der Waals surface area contributed by atoms with Crippen LogP contribution in [0.4, 0.5) is 5.69 Å². The van der Waals surface area contributed by atoms with Crippen molar-refractivity contribution in [2.45, 2.75) is 39.7 Å². The molecule has 0 saturated heterocycles. The molecule has 7 nitrogen and oxygen atoms in total. The molecule has 30 heavy (non-hydrogen) atoms. The molecule has 0 unspecified atom stereocenters. The molecule has 0 aromatic heterocycles. The molecule has 0 bridgehead atoms. The Kier molecular flexibility index (Phi) is 7.94. The number of hydrogen-bond acceptors (Lipinski definition) is 4. The van der Waals surface area contributed by atoms with E-state index < -0.39 is 0 Å². The Bertz CT molecular complexity index is 883. The van der Waals surface area contributed by atoms with E-state index in [0.29, 0.717) is 13.0 Å². The summed E-state index contributed by atoms with van der Waals surface area (Å²) in [6.07, 6.45) is 2.21. The molecular weight excluding hydrogens is 380 g/mol. The highest BCUT2D eigenvalue weighted by atomic mass is 16.7. The number of guanidine groups is 1. The van der Waals surface area contributed by atoms with Gasteiger partial charge in [0.2, 0.25) is 12.7 Å². The normalized spacial score (nSPS) is 12.5. The molecule has 1 aliphatic heterocycles. The Labute approximate surface area is 177 Å². The van der Waals surface area contributed by atoms with Gasteiger partial charge in [-0.2, -0.15) is 0 Å². The number of fused-ring (bicyclic) bond motifs is 1. The van der Waals surface area contributed by atoms with Gasteiger partial charge in [0.05, 0.1) is 6.54 Å². The molecule has 3 rings (SSSR count). The van der Waals surface area contributed by atoms with Crippen LogP contribution >= 0.6 is 0 Å². The van der Waals surface area contributed by atoms with E-state index in [1.165, 1.54) is 5.56 Å². The smallest absolute Gasteiger partial charge is 0.231 e. The second-order valence-corrected chi connectivity index (χ2v) is 7.06. The van der Waals surface area contributed by atoms with E-state index in [1.54, 1.807) is 0 Å². The summed E-state index contributed by atoms with van der Waals surface area (Å²) >= 11 is 0. The van der Waals surface area contributed by atoms with Crippen molar-refractivity contribution in [1.29, 1.82) is 0 Å². The first-order valence-corrected chi connectivity index (χ1v) is 10.5. The number of benzene rings is 2. The summed E-state index contributed by atoms with van der Waals surface area (Å²) in [4.78, 5) is 16.5. The van der Waals surface area contributed by atoms with Crippen LogP contribution in [0.15, 0.2) is 47.5 Å². The van der Waals surface area contributed by atoms with Crippen LogP contribution in [0.2, 0.25) is 0 Å². The van der Waals surface area contributed by atoms with Gasteiger partial charge in [-0.05, 0) is 55.2 Å². The number of anilines is 1. The molecule has 2 aromatic rings. The van der Waals surface area contributed by atoms with Crippen LogP contribution in [0.3, 0.4) is 0 Å². The van der Waals surface area contributed by atoms with Crippen molar-refractivity contribution in [3.05, 3.63) is 53.6 Å². The number of rotatable bonds is 9. The molecule has 0 saturated carbocycles. The van der Waals surface area contributed by atoms with Crippen LogP contribution in [0.25, 0.3) is 0 Å². The maximum absolute atomic E-state index is 11.8. The summed E-state index contributed by atoms with van der Waals surface area (Å²) in [7, 11) is 0. The number of nitrogens with one attached hydrogen (secondary N) is 3. The third-order valence-corrected chi connectivity index (χ3v) is 4.59. The number of carbonyl (C=O) groups is 1. The van der Waals surface area contributed by atoms with Gasteiger partial charge >= 0.3 is 0 Å². The SMILES string of the molecule is CCCC(=O)Nc1cccc(CN=C(NCC)NCCc2ccc3c(c2)OCO3)c1. The minimum Gasteiger partial charge on any atom is -0.454 e. The molecule has 0 radical (unpaired) electrons. The summed E-state index contributed by atoms with van der Waals surface area (Å²) in [6, 6.07) is 13.8. The lowest BCUT2D eigenvalue weighted by Crippen LogP contribution is -2.38. The van der Waals surface area contributed by atoms with E-state index in [9.17, 15) is 4.79 Å². The second kappa shape index (κ2) is 11.1.